The van der Waals surface area contributed by atoms with Crippen LogP contribution in [0.2, 0.25) is 0 Å². The first kappa shape index (κ1) is 21.9. The van der Waals surface area contributed by atoms with Gasteiger partial charge in [-0.15, -0.1) is 0 Å². The Morgan fingerprint density at radius 1 is 1.18 bits per heavy atom. The fourth-order valence-electron chi connectivity index (χ4n) is 3.17. The summed E-state index contributed by atoms with van der Waals surface area (Å²) >= 11 is 0. The lowest BCUT2D eigenvalue weighted by atomic mass is 10.2. The minimum absolute atomic E-state index is 0.188. The Morgan fingerprint density at radius 3 is 2.79 bits per heavy atom. The van der Waals surface area contributed by atoms with Crippen LogP contribution in [0.25, 0.3) is 17.4 Å². The van der Waals surface area contributed by atoms with E-state index in [-0.39, 0.29) is 18.1 Å². The van der Waals surface area contributed by atoms with Crippen LogP contribution in [-0.4, -0.2) is 39.4 Å². The largest absolute Gasteiger partial charge is 0.497 e. The molecule has 2 N–H and O–H groups in total. The number of aromatic nitrogens is 4. The van der Waals surface area contributed by atoms with E-state index in [2.05, 4.69) is 20.4 Å². The fourth-order valence-corrected chi connectivity index (χ4v) is 3.17. The van der Waals surface area contributed by atoms with E-state index in [0.717, 1.165) is 6.42 Å². The number of aromatic amines is 1. The smallest absolute Gasteiger partial charge is 0.263 e. The summed E-state index contributed by atoms with van der Waals surface area (Å²) in [6, 6.07) is 13.5. The minimum atomic E-state index is -0.419. The molecule has 0 saturated carbocycles. The molecule has 0 spiro atoms. The number of rotatable bonds is 9. The van der Waals surface area contributed by atoms with Crippen LogP contribution < -0.4 is 20.3 Å². The molecule has 0 atom stereocenters. The highest BCUT2D eigenvalue weighted by molar-refractivity contribution is 5.91. The quantitative estimate of drug-likeness (QED) is 0.402. The van der Waals surface area contributed by atoms with Crippen LogP contribution in [0.5, 0.6) is 11.5 Å². The van der Waals surface area contributed by atoms with Crippen LogP contribution in [0.3, 0.4) is 0 Å². The fraction of sp³-hybridized carbons (Fsp3) is 0.217. The Balaban J connectivity index is 1.60. The molecule has 4 aromatic rings. The summed E-state index contributed by atoms with van der Waals surface area (Å²) in [4.78, 5) is 32.0. The van der Waals surface area contributed by atoms with Gasteiger partial charge >= 0.3 is 0 Å². The first-order chi connectivity index (χ1) is 16.1. The summed E-state index contributed by atoms with van der Waals surface area (Å²) in [5, 5.41) is 7.24. The number of methoxy groups -OCH3 is 1. The maximum atomic E-state index is 12.6. The predicted molar refractivity (Wildman–Crippen MR) is 121 cm³/mol. The third-order valence-corrected chi connectivity index (χ3v) is 4.65. The number of nitrogens with zero attached hydrogens (tertiary/aromatic N) is 3. The van der Waals surface area contributed by atoms with Crippen molar-refractivity contribution in [3.05, 3.63) is 70.8 Å². The van der Waals surface area contributed by atoms with Crippen LogP contribution in [0.1, 0.15) is 19.0 Å². The van der Waals surface area contributed by atoms with E-state index >= 15 is 0 Å². The van der Waals surface area contributed by atoms with Crippen molar-refractivity contribution in [2.24, 2.45) is 0 Å². The van der Waals surface area contributed by atoms with Gasteiger partial charge in [0.05, 0.1) is 13.4 Å². The molecule has 0 aliphatic rings. The van der Waals surface area contributed by atoms with Crippen molar-refractivity contribution in [3.63, 3.8) is 0 Å². The maximum Gasteiger partial charge on any atom is 0.263 e. The van der Waals surface area contributed by atoms with Crippen molar-refractivity contribution >= 4 is 11.7 Å². The van der Waals surface area contributed by atoms with Crippen LogP contribution >= 0.6 is 0 Å². The third kappa shape index (κ3) is 5.29. The zero-order chi connectivity index (χ0) is 23.2. The summed E-state index contributed by atoms with van der Waals surface area (Å²) in [6.45, 7) is 1.76. The van der Waals surface area contributed by atoms with Crippen molar-refractivity contribution in [2.75, 3.05) is 19.0 Å². The molecule has 1 amide bonds. The summed E-state index contributed by atoms with van der Waals surface area (Å²) in [7, 11) is 1.55. The van der Waals surface area contributed by atoms with E-state index in [0.29, 0.717) is 40.9 Å². The van der Waals surface area contributed by atoms with Gasteiger partial charge in [0.1, 0.15) is 23.0 Å². The van der Waals surface area contributed by atoms with Gasteiger partial charge in [0.15, 0.2) is 12.4 Å². The Hall–Kier alpha value is -4.34. The van der Waals surface area contributed by atoms with Gasteiger partial charge in [0, 0.05) is 23.9 Å². The number of anilines is 1. The number of aryl methyl sites for hydroxylation is 1. The number of hydrogen-bond donors (Lipinski definition) is 2. The maximum absolute atomic E-state index is 12.6. The second kappa shape index (κ2) is 9.86. The number of carbonyl (C=O) groups is 1. The number of hydrogen-bond acceptors (Lipinski definition) is 7. The number of nitrogens with one attached hydrogen (secondary N) is 2. The van der Waals surface area contributed by atoms with E-state index in [1.54, 1.807) is 49.6 Å². The molecule has 4 rings (SSSR count). The van der Waals surface area contributed by atoms with Crippen molar-refractivity contribution < 1.29 is 18.7 Å². The average Bonchev–Trinajstić information content (AvgIpc) is 3.48. The molecule has 3 aromatic heterocycles. The van der Waals surface area contributed by atoms with E-state index in [4.69, 9.17) is 13.9 Å². The number of benzene rings is 1. The molecular formula is C23H23N5O5. The molecule has 0 unspecified atom stereocenters. The highest BCUT2D eigenvalue weighted by Crippen LogP contribution is 2.24. The first-order valence-electron chi connectivity index (χ1n) is 10.4. The third-order valence-electron chi connectivity index (χ3n) is 4.65. The van der Waals surface area contributed by atoms with E-state index in [1.165, 1.54) is 17.0 Å². The Bertz CT molecular complexity index is 1290. The van der Waals surface area contributed by atoms with Gasteiger partial charge < -0.3 is 19.2 Å². The van der Waals surface area contributed by atoms with Crippen LogP contribution in [0, 0.1) is 0 Å². The van der Waals surface area contributed by atoms with E-state index < -0.39 is 5.91 Å². The second-order valence-corrected chi connectivity index (χ2v) is 7.13. The molecule has 0 bridgehead atoms. The molecule has 0 saturated heterocycles. The van der Waals surface area contributed by atoms with Crippen molar-refractivity contribution in [3.8, 4) is 28.9 Å². The molecule has 0 fully saturated rings. The Morgan fingerprint density at radius 2 is 2.03 bits per heavy atom. The molecular weight excluding hydrogens is 426 g/mol. The second-order valence-electron chi connectivity index (χ2n) is 7.13. The molecule has 1 aromatic carbocycles. The van der Waals surface area contributed by atoms with Gasteiger partial charge in [-0.25, -0.2) is 4.98 Å². The van der Waals surface area contributed by atoms with Crippen molar-refractivity contribution in [1.29, 1.82) is 0 Å². The van der Waals surface area contributed by atoms with E-state index in [1.807, 2.05) is 6.92 Å². The monoisotopic (exact) mass is 449 g/mol. The van der Waals surface area contributed by atoms with Gasteiger partial charge in [-0.3, -0.25) is 14.6 Å². The molecule has 33 heavy (non-hydrogen) atoms. The average molecular weight is 449 g/mol. The lowest BCUT2D eigenvalue weighted by Gasteiger charge is -2.10. The van der Waals surface area contributed by atoms with Crippen molar-refractivity contribution in [2.45, 2.75) is 19.8 Å². The van der Waals surface area contributed by atoms with Crippen LogP contribution in [0.4, 0.5) is 5.82 Å². The molecule has 0 radical (unpaired) electrons. The summed E-state index contributed by atoms with van der Waals surface area (Å²) in [5.74, 6) is 1.69. The van der Waals surface area contributed by atoms with Gasteiger partial charge in [0.2, 0.25) is 5.95 Å². The highest BCUT2D eigenvalue weighted by atomic mass is 16.5. The first-order valence-corrected chi connectivity index (χ1v) is 10.4. The Kier molecular flexibility index (Phi) is 6.53. The number of amides is 1. The Labute approximate surface area is 189 Å². The summed E-state index contributed by atoms with van der Waals surface area (Å²) in [6.07, 6.45) is 2.99. The normalized spacial score (nSPS) is 10.7. The summed E-state index contributed by atoms with van der Waals surface area (Å²) in [5.41, 5.74) is 0.787. The number of ether oxygens (including phenoxy) is 2. The van der Waals surface area contributed by atoms with Crippen LogP contribution in [0.15, 0.2) is 64.0 Å². The molecule has 10 nitrogen and oxygen atoms in total. The lowest BCUT2D eigenvalue weighted by molar-refractivity contribution is -0.118. The number of H-pyrrole nitrogens is 1. The molecule has 3 heterocycles. The van der Waals surface area contributed by atoms with Crippen LogP contribution in [-0.2, 0) is 11.2 Å². The number of furan rings is 1. The predicted octanol–water partition coefficient (Wildman–Crippen LogP) is 3.19. The zero-order valence-corrected chi connectivity index (χ0v) is 18.2. The number of carbonyl (C=O) groups excluding carboxylic acids is 1. The lowest BCUT2D eigenvalue weighted by Crippen LogP contribution is -2.23. The van der Waals surface area contributed by atoms with Gasteiger partial charge in [-0.2, -0.15) is 9.78 Å². The summed E-state index contributed by atoms with van der Waals surface area (Å²) < 4.78 is 17.5. The van der Waals surface area contributed by atoms with Crippen molar-refractivity contribution in [1.82, 2.24) is 19.7 Å². The molecule has 10 heteroatoms. The minimum Gasteiger partial charge on any atom is -0.497 e. The van der Waals surface area contributed by atoms with E-state index in [9.17, 15) is 9.59 Å². The molecule has 170 valence electrons. The molecule has 0 aliphatic heterocycles. The van der Waals surface area contributed by atoms with Gasteiger partial charge in [-0.05, 0) is 30.7 Å². The van der Waals surface area contributed by atoms with Gasteiger partial charge in [-0.1, -0.05) is 19.4 Å². The zero-order valence-electron chi connectivity index (χ0n) is 18.2. The molecule has 0 aliphatic carbocycles. The topological polar surface area (TPSA) is 124 Å². The SMILES string of the molecule is CCCc1cc(=O)[nH]c(-n2nc(-c3ccco3)cc2NC(=O)COc2cccc(OC)c2)n1. The standard InChI is InChI=1S/C23H23N5O5/c1-3-6-15-11-21(29)26-23(24-15)28-20(13-18(27-28)19-9-5-10-32-19)25-22(30)14-33-17-8-4-7-16(12-17)31-2/h4-5,7-13H,3,6,14H2,1-2H3,(H,25,30)(H,24,26,29). The highest BCUT2D eigenvalue weighted by Gasteiger charge is 2.17. The van der Waals surface area contributed by atoms with Gasteiger partial charge in [0.25, 0.3) is 11.5 Å².